The summed E-state index contributed by atoms with van der Waals surface area (Å²) in [6.07, 6.45) is 0. The molecule has 19 heavy (non-hydrogen) atoms. The molecule has 0 saturated heterocycles. The quantitative estimate of drug-likeness (QED) is 0.877. The Kier molecular flexibility index (Phi) is 3.62. The van der Waals surface area contributed by atoms with Crippen LogP contribution in [-0.2, 0) is 0 Å². The summed E-state index contributed by atoms with van der Waals surface area (Å²) >= 11 is 0. The van der Waals surface area contributed by atoms with E-state index >= 15 is 0 Å². The second-order valence-electron chi connectivity index (χ2n) is 5.11. The highest BCUT2D eigenvalue weighted by molar-refractivity contribution is 5.42. The van der Waals surface area contributed by atoms with E-state index in [1.165, 1.54) is 16.7 Å². The molecule has 0 bridgehead atoms. The summed E-state index contributed by atoms with van der Waals surface area (Å²) in [7, 11) is 2.01. The first-order valence-corrected chi connectivity index (χ1v) is 6.92. The number of benzene rings is 2. The van der Waals surface area contributed by atoms with Gasteiger partial charge in [0.2, 0.25) is 0 Å². The van der Waals surface area contributed by atoms with E-state index in [4.69, 9.17) is 0 Å². The zero-order valence-electron chi connectivity index (χ0n) is 11.3. The molecule has 0 unspecified atom stereocenters. The molecule has 2 N–H and O–H groups in total. The van der Waals surface area contributed by atoms with Crippen LogP contribution in [0.3, 0.4) is 0 Å². The molecular weight excluding hydrogens is 232 g/mol. The lowest BCUT2D eigenvalue weighted by atomic mass is 9.82. The second-order valence-corrected chi connectivity index (χ2v) is 5.11. The fourth-order valence-corrected chi connectivity index (χ4v) is 2.99. The maximum atomic E-state index is 3.66. The molecule has 2 heteroatoms. The number of rotatable bonds is 3. The average Bonchev–Trinajstić information content (AvgIpc) is 2.49. The maximum Gasteiger partial charge on any atom is 0.0449 e. The van der Waals surface area contributed by atoms with Gasteiger partial charge in [0, 0.05) is 25.0 Å². The highest BCUT2D eigenvalue weighted by atomic mass is 15.0. The molecule has 0 fully saturated rings. The topological polar surface area (TPSA) is 24.1 Å². The van der Waals surface area contributed by atoms with E-state index in [1.807, 2.05) is 7.05 Å². The normalized spacial score (nSPS) is 21.9. The highest BCUT2D eigenvalue weighted by Crippen LogP contribution is 2.33. The van der Waals surface area contributed by atoms with E-state index in [0.29, 0.717) is 12.0 Å². The van der Waals surface area contributed by atoms with Crippen molar-refractivity contribution in [2.75, 3.05) is 20.1 Å². The molecule has 98 valence electrons. The molecule has 0 saturated carbocycles. The van der Waals surface area contributed by atoms with Crippen molar-refractivity contribution in [3.63, 3.8) is 0 Å². The number of hydrogen-bond donors (Lipinski definition) is 2. The van der Waals surface area contributed by atoms with Crippen molar-refractivity contribution in [1.29, 1.82) is 0 Å². The molecule has 1 aliphatic rings. The van der Waals surface area contributed by atoms with Crippen LogP contribution in [0.25, 0.3) is 0 Å². The third-order valence-corrected chi connectivity index (χ3v) is 3.93. The first-order chi connectivity index (χ1) is 9.40. The van der Waals surface area contributed by atoms with Gasteiger partial charge in [-0.3, -0.25) is 0 Å². The zero-order valence-corrected chi connectivity index (χ0v) is 11.3. The van der Waals surface area contributed by atoms with Crippen LogP contribution in [-0.4, -0.2) is 20.1 Å². The summed E-state index contributed by atoms with van der Waals surface area (Å²) in [5.74, 6) is 0.463. The van der Waals surface area contributed by atoms with Gasteiger partial charge in [0.1, 0.15) is 0 Å². The standard InChI is InChI=1S/C17H20N2/c1-18-12-17-15-10-6-5-9-14(15)16(11-19-17)13-7-3-2-4-8-13/h2-10,16-19H,11-12H2,1H3/t16-,17-/m0/s1. The van der Waals surface area contributed by atoms with Crippen LogP contribution in [0, 0.1) is 0 Å². The minimum absolute atomic E-state index is 0.418. The lowest BCUT2D eigenvalue weighted by Crippen LogP contribution is -2.38. The molecular formula is C17H20N2. The van der Waals surface area contributed by atoms with Crippen LogP contribution in [0.5, 0.6) is 0 Å². The lowest BCUT2D eigenvalue weighted by Gasteiger charge is -2.33. The van der Waals surface area contributed by atoms with Crippen LogP contribution in [0.15, 0.2) is 54.6 Å². The first kappa shape index (κ1) is 12.4. The third-order valence-electron chi connectivity index (χ3n) is 3.93. The predicted molar refractivity (Wildman–Crippen MR) is 79.4 cm³/mol. The molecule has 1 heterocycles. The van der Waals surface area contributed by atoms with Gasteiger partial charge < -0.3 is 10.6 Å². The van der Waals surface area contributed by atoms with Gasteiger partial charge in [-0.15, -0.1) is 0 Å². The Balaban J connectivity index is 1.99. The van der Waals surface area contributed by atoms with Crippen molar-refractivity contribution in [1.82, 2.24) is 10.6 Å². The largest absolute Gasteiger partial charge is 0.318 e. The van der Waals surface area contributed by atoms with Gasteiger partial charge in [0.25, 0.3) is 0 Å². The van der Waals surface area contributed by atoms with Crippen LogP contribution in [0.1, 0.15) is 28.7 Å². The lowest BCUT2D eigenvalue weighted by molar-refractivity contribution is 0.463. The summed E-state index contributed by atoms with van der Waals surface area (Å²) in [4.78, 5) is 0. The van der Waals surface area contributed by atoms with E-state index in [0.717, 1.165) is 13.1 Å². The Morgan fingerprint density at radius 2 is 1.68 bits per heavy atom. The number of hydrogen-bond acceptors (Lipinski definition) is 2. The van der Waals surface area contributed by atoms with Gasteiger partial charge >= 0.3 is 0 Å². The molecule has 1 aliphatic heterocycles. The van der Waals surface area contributed by atoms with Gasteiger partial charge in [-0.05, 0) is 23.7 Å². The van der Waals surface area contributed by atoms with Gasteiger partial charge in [-0.25, -0.2) is 0 Å². The van der Waals surface area contributed by atoms with Crippen molar-refractivity contribution in [3.8, 4) is 0 Å². The number of nitrogens with one attached hydrogen (secondary N) is 2. The summed E-state index contributed by atoms with van der Waals surface area (Å²) < 4.78 is 0. The first-order valence-electron chi connectivity index (χ1n) is 6.92. The Morgan fingerprint density at radius 1 is 1.00 bits per heavy atom. The van der Waals surface area contributed by atoms with E-state index in [9.17, 15) is 0 Å². The van der Waals surface area contributed by atoms with Crippen LogP contribution >= 0.6 is 0 Å². The number of fused-ring (bicyclic) bond motifs is 1. The van der Waals surface area contributed by atoms with Gasteiger partial charge in [-0.2, -0.15) is 0 Å². The van der Waals surface area contributed by atoms with E-state index < -0.39 is 0 Å². The van der Waals surface area contributed by atoms with Gasteiger partial charge in [0.15, 0.2) is 0 Å². The molecule has 0 amide bonds. The molecule has 2 nitrogen and oxygen atoms in total. The summed E-state index contributed by atoms with van der Waals surface area (Å²) in [5, 5.41) is 6.93. The van der Waals surface area contributed by atoms with E-state index in [1.54, 1.807) is 0 Å². The predicted octanol–water partition coefficient (Wildman–Crippen LogP) is 2.68. The molecule has 2 aromatic rings. The van der Waals surface area contributed by atoms with Crippen molar-refractivity contribution in [3.05, 3.63) is 71.3 Å². The summed E-state index contributed by atoms with van der Waals surface area (Å²) in [6, 6.07) is 20.0. The molecule has 0 aromatic heterocycles. The van der Waals surface area contributed by atoms with Crippen molar-refractivity contribution >= 4 is 0 Å². The molecule has 2 atom stereocenters. The van der Waals surface area contributed by atoms with Gasteiger partial charge in [0.05, 0.1) is 0 Å². The van der Waals surface area contributed by atoms with E-state index in [-0.39, 0.29) is 0 Å². The van der Waals surface area contributed by atoms with Crippen LogP contribution < -0.4 is 10.6 Å². The molecule has 0 spiro atoms. The summed E-state index contributed by atoms with van der Waals surface area (Å²) in [5.41, 5.74) is 4.29. The Morgan fingerprint density at radius 3 is 2.42 bits per heavy atom. The Hall–Kier alpha value is -1.64. The summed E-state index contributed by atoms with van der Waals surface area (Å²) in [6.45, 7) is 1.98. The minimum Gasteiger partial charge on any atom is -0.318 e. The van der Waals surface area contributed by atoms with E-state index in [2.05, 4.69) is 65.2 Å². The molecule has 0 aliphatic carbocycles. The fourth-order valence-electron chi connectivity index (χ4n) is 2.99. The highest BCUT2D eigenvalue weighted by Gasteiger charge is 2.26. The van der Waals surface area contributed by atoms with Gasteiger partial charge in [-0.1, -0.05) is 54.6 Å². The van der Waals surface area contributed by atoms with Crippen molar-refractivity contribution < 1.29 is 0 Å². The fraction of sp³-hybridized carbons (Fsp3) is 0.294. The number of likely N-dealkylation sites (N-methyl/N-ethyl adjacent to an activating group) is 1. The Bertz CT molecular complexity index is 536. The second kappa shape index (κ2) is 5.55. The molecule has 2 aromatic carbocycles. The molecule has 3 rings (SSSR count). The zero-order chi connectivity index (χ0) is 13.1. The third kappa shape index (κ3) is 2.42. The SMILES string of the molecule is CNC[C@@H]1NC[C@@H](c2ccccc2)c2ccccc21. The average molecular weight is 252 g/mol. The monoisotopic (exact) mass is 252 g/mol. The maximum absolute atomic E-state index is 3.66. The smallest absolute Gasteiger partial charge is 0.0449 e. The van der Waals surface area contributed by atoms with Crippen LogP contribution in [0.2, 0.25) is 0 Å². The molecule has 0 radical (unpaired) electrons. The van der Waals surface area contributed by atoms with Crippen molar-refractivity contribution in [2.45, 2.75) is 12.0 Å². The minimum atomic E-state index is 0.418. The van der Waals surface area contributed by atoms with Crippen LogP contribution in [0.4, 0.5) is 0 Å². The van der Waals surface area contributed by atoms with Crippen molar-refractivity contribution in [2.24, 2.45) is 0 Å². The Labute approximate surface area is 114 Å².